The van der Waals surface area contributed by atoms with Crippen LogP contribution in [0, 0.1) is 23.5 Å². The lowest BCUT2D eigenvalue weighted by molar-refractivity contribution is 0.124. The largest absolute Gasteiger partial charge is 0.381 e. The van der Waals surface area contributed by atoms with Crippen molar-refractivity contribution in [3.8, 4) is 0 Å². The van der Waals surface area contributed by atoms with E-state index in [9.17, 15) is 13.2 Å². The van der Waals surface area contributed by atoms with Crippen molar-refractivity contribution in [2.45, 2.75) is 19.3 Å². The van der Waals surface area contributed by atoms with Gasteiger partial charge < -0.3 is 10.1 Å². The minimum Gasteiger partial charge on any atom is -0.381 e. The fourth-order valence-corrected chi connectivity index (χ4v) is 1.48. The van der Waals surface area contributed by atoms with Crippen molar-refractivity contribution in [1.82, 2.24) is 4.98 Å². The van der Waals surface area contributed by atoms with E-state index in [0.29, 0.717) is 31.6 Å². The number of nitrogens with zero attached hydrogens (tertiary/aromatic N) is 1. The van der Waals surface area contributed by atoms with Crippen molar-refractivity contribution in [2.24, 2.45) is 5.92 Å². The molecule has 0 amide bonds. The number of halogens is 3. The van der Waals surface area contributed by atoms with Gasteiger partial charge in [0, 0.05) is 25.8 Å². The van der Waals surface area contributed by atoms with Gasteiger partial charge in [-0.1, -0.05) is 0 Å². The van der Waals surface area contributed by atoms with Gasteiger partial charge in [0.15, 0.2) is 17.5 Å². The second-order valence-electron chi connectivity index (χ2n) is 4.39. The fourth-order valence-electron chi connectivity index (χ4n) is 1.48. The van der Waals surface area contributed by atoms with E-state index in [2.05, 4.69) is 10.3 Å². The molecule has 0 bridgehead atoms. The number of anilines is 1. The summed E-state index contributed by atoms with van der Waals surface area (Å²) < 4.78 is 43.9. The number of aromatic nitrogens is 1. The molecule has 0 spiro atoms. The second-order valence-corrected chi connectivity index (χ2v) is 4.39. The van der Waals surface area contributed by atoms with Crippen molar-refractivity contribution in [3.05, 3.63) is 23.6 Å². The summed E-state index contributed by atoms with van der Waals surface area (Å²) in [6.45, 7) is 1.74. The topological polar surface area (TPSA) is 34.1 Å². The Hall–Kier alpha value is -1.30. The first-order valence-corrected chi connectivity index (χ1v) is 6.00. The number of hydrogen-bond acceptors (Lipinski definition) is 3. The number of nitrogens with one attached hydrogen (secondary N) is 1. The summed E-state index contributed by atoms with van der Waals surface area (Å²) in [6.07, 6.45) is 3.14. The Balaban J connectivity index is 1.67. The van der Waals surface area contributed by atoms with Crippen LogP contribution in [0.3, 0.4) is 0 Å². The van der Waals surface area contributed by atoms with Gasteiger partial charge in [0.05, 0.1) is 0 Å². The van der Waals surface area contributed by atoms with Crippen LogP contribution >= 0.6 is 0 Å². The van der Waals surface area contributed by atoms with Crippen molar-refractivity contribution >= 4 is 5.82 Å². The quantitative estimate of drug-likeness (QED) is 0.604. The Bertz CT molecular complexity index is 411. The highest BCUT2D eigenvalue weighted by Crippen LogP contribution is 2.28. The van der Waals surface area contributed by atoms with Crippen LogP contribution < -0.4 is 5.32 Å². The molecule has 18 heavy (non-hydrogen) atoms. The minimum absolute atomic E-state index is 0.268. The van der Waals surface area contributed by atoms with Gasteiger partial charge in [-0.2, -0.15) is 9.37 Å². The van der Waals surface area contributed by atoms with Gasteiger partial charge in [-0.15, -0.1) is 0 Å². The van der Waals surface area contributed by atoms with E-state index >= 15 is 0 Å². The van der Waals surface area contributed by atoms with Crippen LogP contribution in [0.5, 0.6) is 0 Å². The average molecular weight is 260 g/mol. The molecule has 6 heteroatoms. The van der Waals surface area contributed by atoms with E-state index in [0.717, 1.165) is 6.61 Å². The van der Waals surface area contributed by atoms with E-state index in [4.69, 9.17) is 4.74 Å². The minimum atomic E-state index is -1.30. The summed E-state index contributed by atoms with van der Waals surface area (Å²) in [5.41, 5.74) is 0. The van der Waals surface area contributed by atoms with Gasteiger partial charge in [0.1, 0.15) is 0 Å². The molecule has 1 aromatic heterocycles. The van der Waals surface area contributed by atoms with Crippen LogP contribution in [0.15, 0.2) is 6.07 Å². The molecule has 0 radical (unpaired) electrons. The molecular formula is C12H15F3N2O. The van der Waals surface area contributed by atoms with Gasteiger partial charge in [-0.25, -0.2) is 8.78 Å². The number of rotatable bonds is 7. The van der Waals surface area contributed by atoms with E-state index < -0.39 is 17.6 Å². The molecule has 3 nitrogen and oxygen atoms in total. The van der Waals surface area contributed by atoms with Gasteiger partial charge in [-0.05, 0) is 25.2 Å². The summed E-state index contributed by atoms with van der Waals surface area (Å²) in [7, 11) is 0. The van der Waals surface area contributed by atoms with Crippen molar-refractivity contribution in [3.63, 3.8) is 0 Å². The maximum Gasteiger partial charge on any atom is 0.251 e. The van der Waals surface area contributed by atoms with Crippen molar-refractivity contribution in [1.29, 1.82) is 0 Å². The lowest BCUT2D eigenvalue weighted by atomic mass is 10.4. The summed E-state index contributed by atoms with van der Waals surface area (Å²) in [5.74, 6) is -3.04. The Kier molecular flexibility index (Phi) is 4.41. The number of ether oxygens (including phenoxy) is 1. The number of pyridine rings is 1. The highest BCUT2D eigenvalue weighted by atomic mass is 19.2. The predicted octanol–water partition coefficient (Wildman–Crippen LogP) is 2.73. The van der Waals surface area contributed by atoms with Crippen molar-refractivity contribution < 1.29 is 17.9 Å². The summed E-state index contributed by atoms with van der Waals surface area (Å²) >= 11 is 0. The zero-order valence-electron chi connectivity index (χ0n) is 9.89. The zero-order chi connectivity index (χ0) is 13.0. The molecule has 1 aliphatic rings. The Morgan fingerprint density at radius 3 is 2.78 bits per heavy atom. The van der Waals surface area contributed by atoms with Gasteiger partial charge in [0.25, 0.3) is 5.95 Å². The molecule has 0 saturated heterocycles. The van der Waals surface area contributed by atoms with E-state index in [1.165, 1.54) is 12.8 Å². The summed E-state index contributed by atoms with van der Waals surface area (Å²) in [4.78, 5) is 3.16. The Labute approximate surface area is 103 Å². The molecule has 1 saturated carbocycles. The smallest absolute Gasteiger partial charge is 0.251 e. The molecule has 0 atom stereocenters. The monoisotopic (exact) mass is 260 g/mol. The van der Waals surface area contributed by atoms with Crippen LogP contribution in [-0.2, 0) is 4.74 Å². The number of hydrogen-bond donors (Lipinski definition) is 1. The lowest BCUT2D eigenvalue weighted by Gasteiger charge is -2.07. The fraction of sp³-hybridized carbons (Fsp3) is 0.583. The Morgan fingerprint density at radius 1 is 1.28 bits per heavy atom. The first-order chi connectivity index (χ1) is 8.66. The van der Waals surface area contributed by atoms with Gasteiger partial charge >= 0.3 is 0 Å². The van der Waals surface area contributed by atoms with E-state index in [1.54, 1.807) is 0 Å². The third-order valence-electron chi connectivity index (χ3n) is 2.70. The summed E-state index contributed by atoms with van der Waals surface area (Å²) in [5, 5.41) is 2.61. The third-order valence-corrected chi connectivity index (χ3v) is 2.70. The maximum absolute atomic E-state index is 13.2. The highest BCUT2D eigenvalue weighted by Gasteiger charge is 2.20. The molecule has 0 aromatic carbocycles. The van der Waals surface area contributed by atoms with E-state index in [-0.39, 0.29) is 5.82 Å². The first kappa shape index (κ1) is 13.1. The standard InChI is InChI=1S/C12H15F3N2O/c13-9-6-10(14)12(17-11(9)15)16-4-1-5-18-7-8-2-3-8/h6,8H,1-5,7H2,(H,16,17). The summed E-state index contributed by atoms with van der Waals surface area (Å²) in [6, 6.07) is 0.480. The molecule has 2 rings (SSSR count). The van der Waals surface area contributed by atoms with E-state index in [1.807, 2.05) is 0 Å². The van der Waals surface area contributed by atoms with Crippen LogP contribution in [0.25, 0.3) is 0 Å². The molecule has 100 valence electrons. The highest BCUT2D eigenvalue weighted by molar-refractivity contribution is 5.35. The molecular weight excluding hydrogens is 245 g/mol. The Morgan fingerprint density at radius 2 is 2.06 bits per heavy atom. The second kappa shape index (κ2) is 6.04. The SMILES string of the molecule is Fc1cc(F)c(NCCCOCC2CC2)nc1F. The van der Waals surface area contributed by atoms with Gasteiger partial charge in [0.2, 0.25) is 0 Å². The molecule has 1 heterocycles. The first-order valence-electron chi connectivity index (χ1n) is 6.00. The van der Waals surface area contributed by atoms with Crippen LogP contribution in [0.4, 0.5) is 19.0 Å². The third kappa shape index (κ3) is 3.87. The van der Waals surface area contributed by atoms with Crippen molar-refractivity contribution in [2.75, 3.05) is 25.1 Å². The maximum atomic E-state index is 13.2. The predicted molar refractivity (Wildman–Crippen MR) is 60.8 cm³/mol. The molecule has 1 N–H and O–H groups in total. The zero-order valence-corrected chi connectivity index (χ0v) is 9.89. The molecule has 0 aliphatic heterocycles. The molecule has 1 aromatic rings. The van der Waals surface area contributed by atoms with Gasteiger partial charge in [-0.3, -0.25) is 0 Å². The lowest BCUT2D eigenvalue weighted by Crippen LogP contribution is -2.10. The van der Waals surface area contributed by atoms with Crippen LogP contribution in [0.1, 0.15) is 19.3 Å². The average Bonchev–Trinajstić information content (AvgIpc) is 3.13. The van der Waals surface area contributed by atoms with Crippen LogP contribution in [-0.4, -0.2) is 24.7 Å². The molecule has 1 fully saturated rings. The molecule has 0 unspecified atom stereocenters. The normalized spacial score (nSPS) is 14.8. The van der Waals surface area contributed by atoms with Crippen LogP contribution in [0.2, 0.25) is 0 Å². The molecule has 1 aliphatic carbocycles.